The highest BCUT2D eigenvalue weighted by Crippen LogP contribution is 2.34. The number of halogens is 2. The molecule has 4 N–H and O–H groups in total. The molecule has 6 aromatic heterocycles. The van der Waals surface area contributed by atoms with Gasteiger partial charge in [-0.1, -0.05) is 35.3 Å². The third kappa shape index (κ3) is 9.02. The SMILES string of the molecule is CC(=O)N1CCN(c2nc([C@H](C)Nc3ncnc4nc[nH]c34)nc3cccc(Cl)c23)CC1.C[C@H](Nc1ncnc2nc[nH]c12)c1nc(OCCN2CCCC2)c2c(Cl)cccc2n1. The molecule has 324 valence electrons. The Bertz CT molecular complexity index is 2900. The number of hydrogen-bond donors (Lipinski definition) is 4. The minimum absolute atomic E-state index is 0.0868. The fraction of sp³-hybridized carbons (Fsp3) is 0.357. The number of amides is 1. The van der Waals surface area contributed by atoms with Gasteiger partial charge in [0.2, 0.25) is 11.8 Å². The van der Waals surface area contributed by atoms with Gasteiger partial charge < -0.3 is 35.1 Å². The van der Waals surface area contributed by atoms with Crippen molar-refractivity contribution in [3.8, 4) is 5.88 Å². The summed E-state index contributed by atoms with van der Waals surface area (Å²) in [5.41, 5.74) is 4.17. The van der Waals surface area contributed by atoms with Gasteiger partial charge in [-0.05, 0) is 64.0 Å². The molecule has 8 heterocycles. The monoisotopic (exact) mass is 889 g/mol. The van der Waals surface area contributed by atoms with Gasteiger partial charge in [0, 0.05) is 39.6 Å². The van der Waals surface area contributed by atoms with Gasteiger partial charge >= 0.3 is 0 Å². The van der Waals surface area contributed by atoms with Crippen LogP contribution in [0.25, 0.3) is 44.1 Å². The molecule has 0 unspecified atom stereocenters. The number of carbonyl (C=O) groups excluding carboxylic acids is 1. The number of hydrogen-bond acceptors (Lipinski definition) is 16. The molecular formula is C42H45Cl2N17O2. The van der Waals surface area contributed by atoms with Gasteiger partial charge in [-0.25, -0.2) is 44.9 Å². The van der Waals surface area contributed by atoms with E-state index in [4.69, 9.17) is 47.9 Å². The van der Waals surface area contributed by atoms with Crippen LogP contribution in [0.2, 0.25) is 10.0 Å². The summed E-state index contributed by atoms with van der Waals surface area (Å²) in [5, 5.41) is 9.46. The molecule has 8 aromatic rings. The van der Waals surface area contributed by atoms with E-state index in [2.05, 4.69) is 60.3 Å². The Kier molecular flexibility index (Phi) is 12.2. The van der Waals surface area contributed by atoms with E-state index >= 15 is 0 Å². The Morgan fingerprint density at radius 3 is 1.86 bits per heavy atom. The summed E-state index contributed by atoms with van der Waals surface area (Å²) in [7, 11) is 0. The normalized spacial score (nSPS) is 15.4. The van der Waals surface area contributed by atoms with Crippen molar-refractivity contribution < 1.29 is 9.53 Å². The maximum atomic E-state index is 11.7. The van der Waals surface area contributed by atoms with Crippen molar-refractivity contribution in [1.82, 2.24) is 69.6 Å². The summed E-state index contributed by atoms with van der Waals surface area (Å²) >= 11 is 13.0. The molecular weight excluding hydrogens is 845 g/mol. The summed E-state index contributed by atoms with van der Waals surface area (Å²) in [4.78, 5) is 68.7. The maximum Gasteiger partial charge on any atom is 0.226 e. The lowest BCUT2D eigenvalue weighted by atomic mass is 10.2. The van der Waals surface area contributed by atoms with Gasteiger partial charge in [-0.3, -0.25) is 9.69 Å². The van der Waals surface area contributed by atoms with E-state index in [1.807, 2.05) is 55.1 Å². The number of carbonyl (C=O) groups is 1. The molecule has 21 heteroatoms. The Morgan fingerprint density at radius 1 is 0.714 bits per heavy atom. The zero-order chi connectivity index (χ0) is 43.5. The quantitative estimate of drug-likeness (QED) is 0.111. The fourth-order valence-corrected chi connectivity index (χ4v) is 8.29. The Balaban J connectivity index is 0.000000160. The first kappa shape index (κ1) is 41.8. The van der Waals surface area contributed by atoms with Crippen molar-refractivity contribution in [2.75, 3.05) is 68.0 Å². The van der Waals surface area contributed by atoms with Crippen LogP contribution in [0.1, 0.15) is 57.3 Å². The van der Waals surface area contributed by atoms with Crippen LogP contribution in [0.4, 0.5) is 17.5 Å². The highest BCUT2D eigenvalue weighted by atomic mass is 35.5. The van der Waals surface area contributed by atoms with Crippen LogP contribution in [0.3, 0.4) is 0 Å². The minimum Gasteiger partial charge on any atom is -0.476 e. The average molecular weight is 891 g/mol. The molecule has 2 aliphatic heterocycles. The first-order chi connectivity index (χ1) is 30.7. The highest BCUT2D eigenvalue weighted by Gasteiger charge is 2.25. The molecule has 0 spiro atoms. The molecule has 63 heavy (non-hydrogen) atoms. The van der Waals surface area contributed by atoms with Crippen molar-refractivity contribution in [2.45, 2.75) is 45.7 Å². The van der Waals surface area contributed by atoms with Crippen LogP contribution < -0.4 is 20.3 Å². The van der Waals surface area contributed by atoms with E-state index in [0.717, 1.165) is 58.3 Å². The van der Waals surface area contributed by atoms with Crippen LogP contribution in [0.15, 0.2) is 61.7 Å². The molecule has 2 saturated heterocycles. The number of anilines is 3. The predicted octanol–water partition coefficient (Wildman–Crippen LogP) is 6.39. The summed E-state index contributed by atoms with van der Waals surface area (Å²) < 4.78 is 6.11. The summed E-state index contributed by atoms with van der Waals surface area (Å²) in [5.74, 6) is 3.86. The summed E-state index contributed by atoms with van der Waals surface area (Å²) in [6, 6.07) is 10.8. The van der Waals surface area contributed by atoms with Crippen LogP contribution in [-0.4, -0.2) is 128 Å². The molecule has 10 rings (SSSR count). The van der Waals surface area contributed by atoms with Gasteiger partial charge in [0.15, 0.2) is 34.6 Å². The Morgan fingerprint density at radius 2 is 1.27 bits per heavy atom. The molecule has 0 saturated carbocycles. The van der Waals surface area contributed by atoms with E-state index in [0.29, 0.717) is 83.3 Å². The van der Waals surface area contributed by atoms with Crippen LogP contribution in [0.5, 0.6) is 5.88 Å². The number of rotatable bonds is 11. The van der Waals surface area contributed by atoms with Gasteiger partial charge in [0.05, 0.1) is 56.6 Å². The van der Waals surface area contributed by atoms with E-state index in [9.17, 15) is 4.79 Å². The first-order valence-corrected chi connectivity index (χ1v) is 21.5. The minimum atomic E-state index is -0.239. The van der Waals surface area contributed by atoms with Crippen molar-refractivity contribution in [3.05, 3.63) is 83.4 Å². The van der Waals surface area contributed by atoms with E-state index in [-0.39, 0.29) is 18.0 Å². The number of fused-ring (bicyclic) bond motifs is 4. The maximum absolute atomic E-state index is 11.7. The molecule has 2 fully saturated rings. The van der Waals surface area contributed by atoms with E-state index < -0.39 is 0 Å². The lowest BCUT2D eigenvalue weighted by Crippen LogP contribution is -2.48. The second-order valence-corrected chi connectivity index (χ2v) is 16.1. The van der Waals surface area contributed by atoms with Crippen molar-refractivity contribution >= 4 is 90.7 Å². The molecule has 0 radical (unpaired) electrons. The Labute approximate surface area is 371 Å². The number of nitrogens with zero attached hydrogens (tertiary/aromatic N) is 13. The second-order valence-electron chi connectivity index (χ2n) is 15.3. The number of ether oxygens (including phenoxy) is 1. The molecule has 1 amide bonds. The molecule has 2 atom stereocenters. The van der Waals surface area contributed by atoms with Gasteiger partial charge in [0.1, 0.15) is 36.1 Å². The first-order valence-electron chi connectivity index (χ1n) is 20.8. The average Bonchev–Trinajstić information content (AvgIpc) is 4.10. The largest absolute Gasteiger partial charge is 0.476 e. The number of imidazole rings is 2. The second kappa shape index (κ2) is 18.4. The van der Waals surface area contributed by atoms with E-state index in [1.54, 1.807) is 19.6 Å². The van der Waals surface area contributed by atoms with Crippen molar-refractivity contribution in [3.63, 3.8) is 0 Å². The summed E-state index contributed by atoms with van der Waals surface area (Å²) in [6.45, 7) is 11.9. The van der Waals surface area contributed by atoms with Crippen LogP contribution in [0, 0.1) is 0 Å². The smallest absolute Gasteiger partial charge is 0.226 e. The lowest BCUT2D eigenvalue weighted by Gasteiger charge is -2.35. The molecule has 19 nitrogen and oxygen atoms in total. The predicted molar refractivity (Wildman–Crippen MR) is 242 cm³/mol. The molecule has 0 bridgehead atoms. The Hall–Kier alpha value is -6.57. The molecule has 2 aliphatic rings. The van der Waals surface area contributed by atoms with Crippen LogP contribution >= 0.6 is 23.2 Å². The number of likely N-dealkylation sites (tertiary alicyclic amines) is 1. The lowest BCUT2D eigenvalue weighted by molar-refractivity contribution is -0.129. The highest BCUT2D eigenvalue weighted by molar-refractivity contribution is 6.36. The van der Waals surface area contributed by atoms with Crippen LogP contribution in [-0.2, 0) is 4.79 Å². The topological polar surface area (TPSA) is 221 Å². The zero-order valence-electron chi connectivity index (χ0n) is 34.9. The van der Waals surface area contributed by atoms with E-state index in [1.165, 1.54) is 25.5 Å². The number of nitrogens with one attached hydrogen (secondary N) is 4. The third-order valence-corrected chi connectivity index (χ3v) is 11.8. The van der Waals surface area contributed by atoms with Gasteiger partial charge in [-0.2, -0.15) is 4.98 Å². The number of piperazine rings is 1. The van der Waals surface area contributed by atoms with Crippen molar-refractivity contribution in [1.29, 1.82) is 0 Å². The van der Waals surface area contributed by atoms with Gasteiger partial charge in [-0.15, -0.1) is 0 Å². The van der Waals surface area contributed by atoms with Gasteiger partial charge in [0.25, 0.3) is 0 Å². The third-order valence-electron chi connectivity index (χ3n) is 11.1. The molecule has 0 aliphatic carbocycles. The molecule has 2 aromatic carbocycles. The fourth-order valence-electron chi connectivity index (χ4n) is 7.79. The summed E-state index contributed by atoms with van der Waals surface area (Å²) in [6.07, 6.45) is 8.63. The number of benzene rings is 2. The van der Waals surface area contributed by atoms with Crippen molar-refractivity contribution in [2.24, 2.45) is 0 Å². The number of H-pyrrole nitrogens is 2. The number of aromatic nitrogens is 12. The number of aromatic amines is 2. The standard InChI is InChI=1S/C21H22ClN9O.C21H23ClN8O/c1-12(27-20-17-19(24-10-23-17)25-11-26-20)18-28-15-5-3-4-14(22)16(15)21(29-18)31-8-6-30(7-9-31)13(2)32;1-13(27-20-17-19(24-11-23-17)25-12-26-20)18-28-15-6-4-5-14(22)16(15)21(29-18)31-10-9-30-7-2-3-8-30/h3-5,10-12H,6-9H2,1-2H3,(H2,23,24,25,26,27);4-6,11-13H,2-3,7-10H2,1H3,(H2,23,24,25,26,27)/t12-;13-/m00/s1. The zero-order valence-corrected chi connectivity index (χ0v) is 36.4.